The maximum absolute atomic E-state index is 7.77. The van der Waals surface area contributed by atoms with Crippen LogP contribution in [0.3, 0.4) is 0 Å². The number of ether oxygens (including phenoxy) is 1. The molecule has 3 rings (SSSR count). The summed E-state index contributed by atoms with van der Waals surface area (Å²) in [6.07, 6.45) is 8.40. The molecule has 111 valence electrons. The smallest absolute Gasteiger partial charge is 0.153 e. The van der Waals surface area contributed by atoms with Crippen LogP contribution < -0.4 is 5.32 Å². The van der Waals surface area contributed by atoms with Crippen LogP contribution in [0.5, 0.6) is 0 Å². The van der Waals surface area contributed by atoms with Crippen LogP contribution in [0.1, 0.15) is 24.1 Å². The van der Waals surface area contributed by atoms with E-state index in [2.05, 4.69) is 29.7 Å². The van der Waals surface area contributed by atoms with Crippen LogP contribution in [-0.2, 0) is 37.4 Å². The molecule has 0 amide bonds. The van der Waals surface area contributed by atoms with Crippen molar-refractivity contribution in [3.05, 3.63) is 71.2 Å². The average molecular weight is 369 g/mol. The van der Waals surface area contributed by atoms with Crippen molar-refractivity contribution in [3.63, 3.8) is 0 Å². The van der Waals surface area contributed by atoms with Gasteiger partial charge in [0.05, 0.1) is 12.3 Å². The summed E-state index contributed by atoms with van der Waals surface area (Å²) >= 11 is 0. The van der Waals surface area contributed by atoms with E-state index in [0.29, 0.717) is 6.61 Å². The summed E-state index contributed by atoms with van der Waals surface area (Å²) in [5.74, 6) is 0.193. The molecule has 2 heterocycles. The zero-order chi connectivity index (χ0) is 14.8. The largest absolute Gasteiger partial charge is 0.488 e. The zero-order valence-corrected chi connectivity index (χ0v) is 15.6. The molecule has 1 radical (unpaired) electrons. The number of allylic oxidation sites excluding steroid dienone is 1. The SMILES string of the molecule is CCOC(=N)c1c[c-]c(C2C=C3C=CN(C)C=C3N2)cc1.[Y]. The van der Waals surface area contributed by atoms with Crippen molar-refractivity contribution in [2.75, 3.05) is 13.7 Å². The van der Waals surface area contributed by atoms with Crippen LogP contribution in [0.25, 0.3) is 0 Å². The maximum atomic E-state index is 7.77. The first-order valence-corrected chi connectivity index (χ1v) is 7.01. The normalized spacial score (nSPS) is 18.6. The Kier molecular flexibility index (Phi) is 5.60. The number of hydrogen-bond acceptors (Lipinski definition) is 4. The van der Waals surface area contributed by atoms with Crippen LogP contribution in [0.15, 0.2) is 54.0 Å². The fourth-order valence-corrected chi connectivity index (χ4v) is 2.43. The molecule has 0 aliphatic carbocycles. The van der Waals surface area contributed by atoms with E-state index in [1.54, 1.807) is 0 Å². The fraction of sp³-hybridized carbons (Fsp3) is 0.235. The van der Waals surface area contributed by atoms with Gasteiger partial charge in [-0.2, -0.15) is 24.3 Å². The van der Waals surface area contributed by atoms with Gasteiger partial charge < -0.3 is 15.0 Å². The summed E-state index contributed by atoms with van der Waals surface area (Å²) in [4.78, 5) is 2.03. The van der Waals surface area contributed by atoms with Crippen LogP contribution >= 0.6 is 0 Å². The van der Waals surface area contributed by atoms with E-state index in [1.165, 1.54) is 5.57 Å². The average Bonchev–Trinajstić information content (AvgIpc) is 2.90. The number of hydrogen-bond donors (Lipinski definition) is 2. The van der Waals surface area contributed by atoms with E-state index >= 15 is 0 Å². The molecule has 1 aromatic rings. The molecule has 1 aromatic carbocycles. The van der Waals surface area contributed by atoms with Gasteiger partial charge in [-0.1, -0.05) is 11.6 Å². The van der Waals surface area contributed by atoms with Crippen molar-refractivity contribution < 1.29 is 37.4 Å². The zero-order valence-electron chi connectivity index (χ0n) is 12.8. The summed E-state index contributed by atoms with van der Waals surface area (Å²) in [6, 6.07) is 9.07. The molecule has 0 spiro atoms. The summed E-state index contributed by atoms with van der Waals surface area (Å²) in [7, 11) is 2.01. The number of fused-ring (bicyclic) bond motifs is 1. The van der Waals surface area contributed by atoms with Crippen molar-refractivity contribution in [1.82, 2.24) is 10.2 Å². The third kappa shape index (κ3) is 3.50. The fourth-order valence-electron chi connectivity index (χ4n) is 2.43. The van der Waals surface area contributed by atoms with Crippen LogP contribution in [0.4, 0.5) is 0 Å². The minimum atomic E-state index is 0. The molecule has 4 nitrogen and oxygen atoms in total. The van der Waals surface area contributed by atoms with E-state index in [9.17, 15) is 0 Å². The molecule has 0 saturated heterocycles. The minimum absolute atomic E-state index is 0. The van der Waals surface area contributed by atoms with Gasteiger partial charge in [0.15, 0.2) is 5.90 Å². The number of benzene rings is 1. The van der Waals surface area contributed by atoms with Gasteiger partial charge in [0, 0.05) is 58.2 Å². The van der Waals surface area contributed by atoms with Gasteiger partial charge in [0.1, 0.15) is 0 Å². The van der Waals surface area contributed by atoms with Gasteiger partial charge in [0.2, 0.25) is 0 Å². The first-order valence-electron chi connectivity index (χ1n) is 7.01. The van der Waals surface area contributed by atoms with Crippen molar-refractivity contribution in [2.45, 2.75) is 13.0 Å². The standard InChI is InChI=1S/C17H18N3O.Y/c1-3-21-17(18)13-6-4-12(5-7-13)15-10-14-8-9-20(2)11-16(14)19-15;/h4,6-11,15,18-19H,3H2,1-2H3;/q-1;. The molecule has 2 aliphatic heterocycles. The third-order valence-corrected chi connectivity index (χ3v) is 3.51. The summed E-state index contributed by atoms with van der Waals surface area (Å²) in [6.45, 7) is 2.38. The minimum Gasteiger partial charge on any atom is -0.488 e. The Morgan fingerprint density at radius 1 is 1.45 bits per heavy atom. The van der Waals surface area contributed by atoms with Crippen molar-refractivity contribution in [2.24, 2.45) is 0 Å². The molecule has 1 atom stereocenters. The summed E-state index contributed by atoms with van der Waals surface area (Å²) < 4.78 is 5.19. The van der Waals surface area contributed by atoms with Crippen molar-refractivity contribution in [1.29, 1.82) is 5.41 Å². The van der Waals surface area contributed by atoms with Crippen LogP contribution in [0, 0.1) is 11.5 Å². The molecule has 0 fully saturated rings. The Labute approximate surface area is 156 Å². The summed E-state index contributed by atoms with van der Waals surface area (Å²) in [5, 5.41) is 11.2. The monoisotopic (exact) mass is 369 g/mol. The third-order valence-electron chi connectivity index (χ3n) is 3.51. The van der Waals surface area contributed by atoms with E-state index in [0.717, 1.165) is 16.8 Å². The Bertz CT molecular complexity index is 646. The molecule has 22 heavy (non-hydrogen) atoms. The number of nitrogens with one attached hydrogen (secondary N) is 2. The molecule has 2 N–H and O–H groups in total. The number of nitrogens with zero attached hydrogens (tertiary/aromatic N) is 1. The van der Waals surface area contributed by atoms with Gasteiger partial charge in [-0.15, -0.1) is 5.56 Å². The molecule has 2 aliphatic rings. The van der Waals surface area contributed by atoms with Gasteiger partial charge in [-0.25, -0.2) is 0 Å². The Morgan fingerprint density at radius 3 is 2.95 bits per heavy atom. The Balaban J connectivity index is 0.00000176. The molecule has 0 bridgehead atoms. The predicted molar refractivity (Wildman–Crippen MR) is 82.7 cm³/mol. The van der Waals surface area contributed by atoms with E-state index < -0.39 is 0 Å². The van der Waals surface area contributed by atoms with Crippen LogP contribution in [0.2, 0.25) is 0 Å². The maximum Gasteiger partial charge on any atom is 0.153 e. The van der Waals surface area contributed by atoms with E-state index in [-0.39, 0.29) is 44.6 Å². The molecule has 0 aromatic heterocycles. The molecule has 1 unspecified atom stereocenters. The molecular formula is C17H18N3OY-. The molecular weight excluding hydrogens is 351 g/mol. The van der Waals surface area contributed by atoms with Gasteiger partial charge in [0.25, 0.3) is 0 Å². The topological polar surface area (TPSA) is 48.4 Å². The molecule has 5 heteroatoms. The first-order chi connectivity index (χ1) is 10.2. The molecule has 0 saturated carbocycles. The van der Waals surface area contributed by atoms with Crippen LogP contribution in [-0.4, -0.2) is 24.5 Å². The van der Waals surface area contributed by atoms with Crippen molar-refractivity contribution >= 4 is 5.90 Å². The number of rotatable bonds is 3. The van der Waals surface area contributed by atoms with Gasteiger partial charge in [-0.3, -0.25) is 5.41 Å². The second-order valence-corrected chi connectivity index (χ2v) is 5.06. The Morgan fingerprint density at radius 2 is 2.27 bits per heavy atom. The second-order valence-electron chi connectivity index (χ2n) is 5.06. The quantitative estimate of drug-likeness (QED) is 0.489. The van der Waals surface area contributed by atoms with Gasteiger partial charge >= 0.3 is 0 Å². The van der Waals surface area contributed by atoms with Gasteiger partial charge in [-0.05, 0) is 18.6 Å². The second kappa shape index (κ2) is 7.25. The summed E-state index contributed by atoms with van der Waals surface area (Å²) in [5.41, 5.74) is 4.14. The Hall–Kier alpha value is -1.39. The first kappa shape index (κ1) is 17.0. The van der Waals surface area contributed by atoms with E-state index in [4.69, 9.17) is 10.1 Å². The predicted octanol–water partition coefficient (Wildman–Crippen LogP) is 2.72. The van der Waals surface area contributed by atoms with E-state index in [1.807, 2.05) is 43.3 Å². The van der Waals surface area contributed by atoms with Crippen molar-refractivity contribution in [3.8, 4) is 0 Å².